The number of aryl methyl sites for hydroxylation is 1. The predicted octanol–water partition coefficient (Wildman–Crippen LogP) is 2.82. The minimum atomic E-state index is -4.97. The van der Waals surface area contributed by atoms with E-state index in [0.717, 1.165) is 6.07 Å². The molecule has 0 radical (unpaired) electrons. The number of hydrogen-bond donors (Lipinski definition) is 0. The van der Waals surface area contributed by atoms with Gasteiger partial charge in [-0.1, -0.05) is 12.1 Å². The van der Waals surface area contributed by atoms with Gasteiger partial charge in [-0.25, -0.2) is 8.42 Å². The maximum atomic E-state index is 12.0. The molecule has 90 valence electrons. The van der Waals surface area contributed by atoms with Crippen molar-refractivity contribution in [2.75, 3.05) is 0 Å². The molecule has 1 aromatic rings. The molecule has 1 rings (SSSR count). The maximum Gasteiger partial charge on any atom is 0.573 e. The predicted molar refractivity (Wildman–Crippen MR) is 50.9 cm³/mol. The number of hydrogen-bond acceptors (Lipinski definition) is 3. The minimum absolute atomic E-state index is 0.0269. The van der Waals surface area contributed by atoms with Crippen molar-refractivity contribution in [1.82, 2.24) is 0 Å². The van der Waals surface area contributed by atoms with Crippen LogP contribution in [0.1, 0.15) is 5.56 Å². The lowest BCUT2D eigenvalue weighted by Gasteiger charge is -2.13. The Bertz CT molecular complexity index is 496. The average Bonchev–Trinajstić information content (AvgIpc) is 2.04. The molecule has 3 nitrogen and oxygen atoms in total. The second-order valence-corrected chi connectivity index (χ2v) is 5.42. The van der Waals surface area contributed by atoms with Gasteiger partial charge in [0.15, 0.2) is 5.75 Å². The van der Waals surface area contributed by atoms with Gasteiger partial charge in [0.1, 0.15) is 4.90 Å². The number of para-hydroxylation sites is 1. The van der Waals surface area contributed by atoms with Crippen molar-refractivity contribution < 1.29 is 26.3 Å². The van der Waals surface area contributed by atoms with Gasteiger partial charge in [-0.3, -0.25) is 0 Å². The van der Waals surface area contributed by atoms with Crippen molar-refractivity contribution >= 4 is 19.7 Å². The molecule has 0 spiro atoms. The first-order chi connectivity index (χ1) is 7.11. The Morgan fingerprint density at radius 2 is 1.88 bits per heavy atom. The highest BCUT2D eigenvalue weighted by molar-refractivity contribution is 8.13. The van der Waals surface area contributed by atoms with Crippen LogP contribution in [0, 0.1) is 6.92 Å². The summed E-state index contributed by atoms with van der Waals surface area (Å²) in [6.45, 7) is 1.28. The van der Waals surface area contributed by atoms with Gasteiger partial charge in [0.05, 0.1) is 0 Å². The molecular weight excluding hydrogens is 269 g/mol. The lowest BCUT2D eigenvalue weighted by Crippen LogP contribution is -2.19. The Morgan fingerprint density at radius 3 is 2.31 bits per heavy atom. The van der Waals surface area contributed by atoms with E-state index in [1.54, 1.807) is 0 Å². The molecule has 0 aliphatic carbocycles. The van der Waals surface area contributed by atoms with Gasteiger partial charge in [0.25, 0.3) is 9.05 Å². The van der Waals surface area contributed by atoms with Gasteiger partial charge < -0.3 is 4.74 Å². The molecule has 0 bridgehead atoms. The summed E-state index contributed by atoms with van der Waals surface area (Å²) in [4.78, 5) is -0.702. The number of alkyl halides is 3. The first-order valence-corrected chi connectivity index (χ1v) is 6.22. The van der Waals surface area contributed by atoms with E-state index in [2.05, 4.69) is 4.74 Å². The van der Waals surface area contributed by atoms with Crippen molar-refractivity contribution in [3.05, 3.63) is 23.8 Å². The third kappa shape index (κ3) is 3.28. The minimum Gasteiger partial charge on any atom is -0.404 e. The zero-order chi connectivity index (χ0) is 12.6. The summed E-state index contributed by atoms with van der Waals surface area (Å²) in [6.07, 6.45) is -4.97. The van der Waals surface area contributed by atoms with E-state index in [9.17, 15) is 21.6 Å². The van der Waals surface area contributed by atoms with Crippen LogP contribution in [0.25, 0.3) is 0 Å². The van der Waals surface area contributed by atoms with Gasteiger partial charge in [-0.2, -0.15) is 0 Å². The second kappa shape index (κ2) is 4.14. The molecule has 8 heteroatoms. The summed E-state index contributed by atoms with van der Waals surface area (Å²) >= 11 is 0. The highest BCUT2D eigenvalue weighted by atomic mass is 35.7. The molecule has 0 saturated carbocycles. The number of benzene rings is 1. The average molecular weight is 275 g/mol. The van der Waals surface area contributed by atoms with E-state index in [0.29, 0.717) is 0 Å². The van der Waals surface area contributed by atoms with E-state index < -0.39 is 26.1 Å². The van der Waals surface area contributed by atoms with Crippen LogP contribution in [0.3, 0.4) is 0 Å². The van der Waals surface area contributed by atoms with Crippen LogP contribution < -0.4 is 4.74 Å². The Morgan fingerprint density at radius 1 is 1.31 bits per heavy atom. The van der Waals surface area contributed by atoms with Gasteiger partial charge >= 0.3 is 6.36 Å². The molecule has 0 saturated heterocycles. The Balaban J connectivity index is 3.36. The summed E-state index contributed by atoms with van der Waals surface area (Å²) in [5.74, 6) is -0.801. The van der Waals surface area contributed by atoms with Gasteiger partial charge in [0.2, 0.25) is 0 Å². The summed E-state index contributed by atoms with van der Waals surface area (Å²) in [7, 11) is 0.708. The maximum absolute atomic E-state index is 12.0. The molecule has 0 atom stereocenters. The van der Waals surface area contributed by atoms with Crippen LogP contribution in [0.15, 0.2) is 23.1 Å². The fourth-order valence-electron chi connectivity index (χ4n) is 1.06. The summed E-state index contributed by atoms with van der Waals surface area (Å²) in [5.41, 5.74) is 0.0269. The Hall–Kier alpha value is -0.950. The van der Waals surface area contributed by atoms with Crippen LogP contribution in [-0.4, -0.2) is 14.8 Å². The fraction of sp³-hybridized carbons (Fsp3) is 0.250. The van der Waals surface area contributed by atoms with E-state index in [1.807, 2.05) is 0 Å². The number of halogens is 4. The quantitative estimate of drug-likeness (QED) is 0.779. The van der Waals surface area contributed by atoms with Crippen LogP contribution in [0.4, 0.5) is 13.2 Å². The SMILES string of the molecule is Cc1cccc(S(=O)(=O)Cl)c1OC(F)(F)F. The van der Waals surface area contributed by atoms with Crippen molar-refractivity contribution in [2.45, 2.75) is 18.2 Å². The fourth-order valence-corrected chi connectivity index (χ4v) is 2.09. The third-order valence-corrected chi connectivity index (χ3v) is 3.00. The molecule has 0 N–H and O–H groups in total. The van der Waals surface area contributed by atoms with E-state index >= 15 is 0 Å². The number of ether oxygens (including phenoxy) is 1. The highest BCUT2D eigenvalue weighted by Crippen LogP contribution is 2.34. The first kappa shape index (κ1) is 13.1. The monoisotopic (exact) mass is 274 g/mol. The molecule has 1 aromatic carbocycles. The van der Waals surface area contributed by atoms with Crippen molar-refractivity contribution in [3.63, 3.8) is 0 Å². The van der Waals surface area contributed by atoms with Crippen LogP contribution >= 0.6 is 10.7 Å². The van der Waals surface area contributed by atoms with Crippen LogP contribution in [-0.2, 0) is 9.05 Å². The standard InChI is InChI=1S/C8H6ClF3O3S/c1-5-3-2-4-6(16(9,13)14)7(5)15-8(10,11)12/h2-4H,1H3. The molecule has 0 aliphatic rings. The lowest BCUT2D eigenvalue weighted by atomic mass is 10.2. The molecule has 0 aliphatic heterocycles. The summed E-state index contributed by atoms with van der Waals surface area (Å²) < 4.78 is 61.7. The Kier molecular flexibility index (Phi) is 3.39. The van der Waals surface area contributed by atoms with Gasteiger partial charge in [-0.15, -0.1) is 13.2 Å². The van der Waals surface area contributed by atoms with Crippen molar-refractivity contribution in [3.8, 4) is 5.75 Å². The first-order valence-electron chi connectivity index (χ1n) is 3.91. The zero-order valence-electron chi connectivity index (χ0n) is 7.88. The van der Waals surface area contributed by atoms with Crippen molar-refractivity contribution in [1.29, 1.82) is 0 Å². The second-order valence-electron chi connectivity index (χ2n) is 2.89. The zero-order valence-corrected chi connectivity index (χ0v) is 9.45. The molecule has 0 unspecified atom stereocenters. The smallest absolute Gasteiger partial charge is 0.404 e. The normalized spacial score (nSPS) is 12.6. The third-order valence-electron chi connectivity index (χ3n) is 1.66. The van der Waals surface area contributed by atoms with E-state index in [1.165, 1.54) is 19.1 Å². The molecule has 0 aromatic heterocycles. The molecular formula is C8H6ClF3O3S. The summed E-state index contributed by atoms with van der Waals surface area (Å²) in [5, 5.41) is 0. The topological polar surface area (TPSA) is 43.4 Å². The highest BCUT2D eigenvalue weighted by Gasteiger charge is 2.34. The summed E-state index contributed by atoms with van der Waals surface area (Å²) in [6, 6.07) is 3.50. The van der Waals surface area contributed by atoms with Crippen LogP contribution in [0.2, 0.25) is 0 Å². The molecule has 0 heterocycles. The lowest BCUT2D eigenvalue weighted by molar-refractivity contribution is -0.275. The van der Waals surface area contributed by atoms with Gasteiger partial charge in [-0.05, 0) is 18.6 Å². The van der Waals surface area contributed by atoms with Gasteiger partial charge in [0, 0.05) is 10.7 Å². The largest absolute Gasteiger partial charge is 0.573 e. The molecule has 0 amide bonds. The van der Waals surface area contributed by atoms with E-state index in [-0.39, 0.29) is 5.56 Å². The van der Waals surface area contributed by atoms with E-state index in [4.69, 9.17) is 10.7 Å². The Labute approximate surface area is 94.2 Å². The molecule has 0 fully saturated rings. The van der Waals surface area contributed by atoms with Crippen LogP contribution in [0.5, 0.6) is 5.75 Å². The number of rotatable bonds is 2. The molecule has 16 heavy (non-hydrogen) atoms. The van der Waals surface area contributed by atoms with Crippen molar-refractivity contribution in [2.24, 2.45) is 0 Å².